The molecule has 7 nitrogen and oxygen atoms in total. The minimum Gasteiger partial charge on any atom is -0.336 e. The molecule has 0 radical (unpaired) electrons. The lowest BCUT2D eigenvalue weighted by Crippen LogP contribution is -2.59. The van der Waals surface area contributed by atoms with E-state index in [1.807, 2.05) is 45.0 Å². The molecule has 2 N–H and O–H groups in total. The predicted octanol–water partition coefficient (Wildman–Crippen LogP) is 0.971. The first-order valence-corrected chi connectivity index (χ1v) is 8.98. The number of nitrogens with zero attached hydrogens (tertiary/aromatic N) is 2. The van der Waals surface area contributed by atoms with Crippen molar-refractivity contribution in [3.8, 4) is 0 Å². The van der Waals surface area contributed by atoms with Gasteiger partial charge in [-0.3, -0.25) is 14.5 Å². The molecular weight excluding hydrogens is 332 g/mol. The highest BCUT2D eigenvalue weighted by Crippen LogP contribution is 2.29. The molecule has 140 valence electrons. The lowest BCUT2D eigenvalue weighted by Gasteiger charge is -2.39. The molecule has 26 heavy (non-hydrogen) atoms. The molecule has 3 atom stereocenters. The number of imide groups is 1. The highest BCUT2D eigenvalue weighted by atomic mass is 16.2. The van der Waals surface area contributed by atoms with Crippen LogP contribution in [0.25, 0.3) is 0 Å². The van der Waals surface area contributed by atoms with E-state index in [1.54, 1.807) is 11.8 Å². The van der Waals surface area contributed by atoms with Crippen molar-refractivity contribution in [3.05, 3.63) is 35.4 Å². The van der Waals surface area contributed by atoms with E-state index in [2.05, 4.69) is 10.6 Å². The molecular formula is C19H26N4O3. The molecule has 0 saturated carbocycles. The molecule has 2 aliphatic heterocycles. The Morgan fingerprint density at radius 1 is 1.23 bits per heavy atom. The number of urea groups is 1. The Balaban J connectivity index is 1.77. The quantitative estimate of drug-likeness (QED) is 0.789. The average Bonchev–Trinajstić information content (AvgIpc) is 2.82. The zero-order valence-corrected chi connectivity index (χ0v) is 15.7. The molecule has 2 aliphatic rings. The van der Waals surface area contributed by atoms with Gasteiger partial charge in [-0.2, -0.15) is 0 Å². The van der Waals surface area contributed by atoms with Crippen molar-refractivity contribution in [2.75, 3.05) is 19.6 Å². The zero-order chi connectivity index (χ0) is 19.1. The largest absolute Gasteiger partial charge is 0.336 e. The number of amides is 4. The molecule has 0 spiro atoms. The maximum absolute atomic E-state index is 12.9. The number of aryl methyl sites for hydroxylation is 1. The number of carbonyl (C=O) groups is 3. The van der Waals surface area contributed by atoms with Crippen LogP contribution in [0.3, 0.4) is 0 Å². The molecule has 0 aliphatic carbocycles. The van der Waals surface area contributed by atoms with Crippen molar-refractivity contribution in [1.29, 1.82) is 0 Å². The van der Waals surface area contributed by atoms with E-state index in [-0.39, 0.29) is 24.5 Å². The molecule has 2 heterocycles. The maximum atomic E-state index is 12.9. The third-order valence-corrected chi connectivity index (χ3v) is 5.55. The Hall–Kier alpha value is -2.41. The fourth-order valence-corrected chi connectivity index (χ4v) is 3.56. The summed E-state index contributed by atoms with van der Waals surface area (Å²) in [4.78, 5) is 40.8. The van der Waals surface area contributed by atoms with Crippen LogP contribution in [0.15, 0.2) is 24.3 Å². The predicted molar refractivity (Wildman–Crippen MR) is 97.4 cm³/mol. The van der Waals surface area contributed by atoms with Crippen molar-refractivity contribution in [2.45, 2.75) is 45.3 Å². The van der Waals surface area contributed by atoms with Gasteiger partial charge in [-0.05, 0) is 33.3 Å². The topological polar surface area (TPSA) is 81.8 Å². The molecule has 1 aromatic carbocycles. The third-order valence-electron chi connectivity index (χ3n) is 5.55. The summed E-state index contributed by atoms with van der Waals surface area (Å²) in [6.07, 6.45) is 0. The summed E-state index contributed by atoms with van der Waals surface area (Å²) >= 11 is 0. The first-order chi connectivity index (χ1) is 12.2. The van der Waals surface area contributed by atoms with E-state index in [0.29, 0.717) is 18.7 Å². The standard InChI is InChI=1S/C19H26N4O3/c1-12-5-7-15(8-6-12)19(4)17(25)23(18(26)21-19)11-16(24)22-10-9-20-13(2)14(22)3/h5-8,13-14,20H,9-11H2,1-4H3,(H,21,26). The molecule has 3 rings (SSSR count). The van der Waals surface area contributed by atoms with E-state index in [4.69, 9.17) is 0 Å². The summed E-state index contributed by atoms with van der Waals surface area (Å²) in [6, 6.07) is 7.13. The Morgan fingerprint density at radius 3 is 2.54 bits per heavy atom. The molecule has 0 bridgehead atoms. The second-order valence-corrected chi connectivity index (χ2v) is 7.38. The highest BCUT2D eigenvalue weighted by Gasteiger charge is 2.49. The van der Waals surface area contributed by atoms with Gasteiger partial charge in [0.05, 0.1) is 0 Å². The monoisotopic (exact) mass is 358 g/mol. The van der Waals surface area contributed by atoms with Crippen molar-refractivity contribution in [2.24, 2.45) is 0 Å². The zero-order valence-electron chi connectivity index (χ0n) is 15.7. The van der Waals surface area contributed by atoms with Crippen LogP contribution < -0.4 is 10.6 Å². The molecule has 0 aromatic heterocycles. The lowest BCUT2D eigenvalue weighted by molar-refractivity contribution is -0.141. The minimum atomic E-state index is -1.15. The van der Waals surface area contributed by atoms with Gasteiger partial charge >= 0.3 is 6.03 Å². The van der Waals surface area contributed by atoms with E-state index in [1.165, 1.54) is 0 Å². The van der Waals surface area contributed by atoms with Crippen LogP contribution in [-0.4, -0.2) is 59.4 Å². The molecule has 7 heteroatoms. The normalized spacial score (nSPS) is 29.1. The van der Waals surface area contributed by atoms with Gasteiger partial charge in [-0.15, -0.1) is 0 Å². The molecule has 1 aromatic rings. The van der Waals surface area contributed by atoms with Crippen molar-refractivity contribution in [1.82, 2.24) is 20.4 Å². The summed E-state index contributed by atoms with van der Waals surface area (Å²) < 4.78 is 0. The van der Waals surface area contributed by atoms with Gasteiger partial charge in [-0.1, -0.05) is 29.8 Å². The maximum Gasteiger partial charge on any atom is 0.325 e. The smallest absolute Gasteiger partial charge is 0.325 e. The number of rotatable bonds is 3. The summed E-state index contributed by atoms with van der Waals surface area (Å²) in [7, 11) is 0. The number of hydrogen-bond acceptors (Lipinski definition) is 4. The Morgan fingerprint density at radius 2 is 1.88 bits per heavy atom. The number of carbonyl (C=O) groups excluding carboxylic acids is 3. The fraction of sp³-hybridized carbons (Fsp3) is 0.526. The van der Waals surface area contributed by atoms with Gasteiger partial charge < -0.3 is 15.5 Å². The Bertz CT molecular complexity index is 733. The van der Waals surface area contributed by atoms with Gasteiger partial charge in [0.15, 0.2) is 0 Å². The lowest BCUT2D eigenvalue weighted by atomic mass is 9.91. The first-order valence-electron chi connectivity index (χ1n) is 8.98. The van der Waals surface area contributed by atoms with E-state index in [9.17, 15) is 14.4 Å². The van der Waals surface area contributed by atoms with E-state index >= 15 is 0 Å². The van der Waals surface area contributed by atoms with Crippen LogP contribution in [-0.2, 0) is 15.1 Å². The number of benzene rings is 1. The van der Waals surface area contributed by atoms with Crippen LogP contribution in [0.4, 0.5) is 4.79 Å². The van der Waals surface area contributed by atoms with Gasteiger partial charge in [0.1, 0.15) is 12.1 Å². The van der Waals surface area contributed by atoms with E-state index < -0.39 is 17.5 Å². The Labute approximate surface area is 153 Å². The third kappa shape index (κ3) is 3.07. The van der Waals surface area contributed by atoms with Crippen molar-refractivity contribution < 1.29 is 14.4 Å². The van der Waals surface area contributed by atoms with Crippen LogP contribution in [0.2, 0.25) is 0 Å². The molecule has 4 amide bonds. The van der Waals surface area contributed by atoms with Crippen molar-refractivity contribution >= 4 is 17.8 Å². The molecule has 2 saturated heterocycles. The summed E-state index contributed by atoms with van der Waals surface area (Å²) in [5, 5.41) is 6.06. The number of nitrogens with one attached hydrogen (secondary N) is 2. The SMILES string of the molecule is Cc1ccc(C2(C)NC(=O)N(CC(=O)N3CCNC(C)C3C)C2=O)cc1. The summed E-state index contributed by atoms with van der Waals surface area (Å²) in [5.41, 5.74) is 0.636. The highest BCUT2D eigenvalue weighted by molar-refractivity contribution is 6.09. The van der Waals surface area contributed by atoms with Crippen LogP contribution in [0, 0.1) is 6.92 Å². The van der Waals surface area contributed by atoms with Gasteiger partial charge in [0, 0.05) is 25.2 Å². The van der Waals surface area contributed by atoms with Crippen LogP contribution >= 0.6 is 0 Å². The molecule has 2 fully saturated rings. The number of piperazine rings is 1. The van der Waals surface area contributed by atoms with Crippen molar-refractivity contribution in [3.63, 3.8) is 0 Å². The second kappa shape index (κ2) is 6.72. The van der Waals surface area contributed by atoms with Gasteiger partial charge in [0.2, 0.25) is 5.91 Å². The Kier molecular flexibility index (Phi) is 4.75. The number of hydrogen-bond donors (Lipinski definition) is 2. The second-order valence-electron chi connectivity index (χ2n) is 7.38. The van der Waals surface area contributed by atoms with Crippen LogP contribution in [0.1, 0.15) is 31.9 Å². The minimum absolute atomic E-state index is 0.0144. The summed E-state index contributed by atoms with van der Waals surface area (Å²) in [5.74, 6) is -0.599. The van der Waals surface area contributed by atoms with E-state index in [0.717, 1.165) is 10.5 Å². The summed E-state index contributed by atoms with van der Waals surface area (Å²) in [6.45, 7) is 8.67. The van der Waals surface area contributed by atoms with Gasteiger partial charge in [0.25, 0.3) is 5.91 Å². The van der Waals surface area contributed by atoms with Crippen LogP contribution in [0.5, 0.6) is 0 Å². The first kappa shape index (κ1) is 18.4. The fourth-order valence-electron chi connectivity index (χ4n) is 3.56. The van der Waals surface area contributed by atoms with Gasteiger partial charge in [-0.25, -0.2) is 4.79 Å². The average molecular weight is 358 g/mol. The molecule has 3 unspecified atom stereocenters.